The van der Waals surface area contributed by atoms with E-state index >= 15 is 0 Å². The lowest BCUT2D eigenvalue weighted by molar-refractivity contribution is -0.142. The molecule has 0 aliphatic carbocycles. The van der Waals surface area contributed by atoms with Gasteiger partial charge in [-0.2, -0.15) is 23.4 Å². The average Bonchev–Trinajstić information content (AvgIpc) is 3.09. The highest BCUT2D eigenvalue weighted by atomic mass is 19.4. The Morgan fingerprint density at radius 3 is 2.48 bits per heavy atom. The summed E-state index contributed by atoms with van der Waals surface area (Å²) in [7, 11) is 1.62. The van der Waals surface area contributed by atoms with Crippen molar-refractivity contribution in [2.45, 2.75) is 53.0 Å². The van der Waals surface area contributed by atoms with Crippen LogP contribution in [-0.2, 0) is 24.1 Å². The average molecular weight is 357 g/mol. The third-order valence-electron chi connectivity index (χ3n) is 4.23. The number of aryl methyl sites for hydroxylation is 2. The van der Waals surface area contributed by atoms with Gasteiger partial charge in [-0.1, -0.05) is 0 Å². The van der Waals surface area contributed by atoms with Gasteiger partial charge in [0.15, 0.2) is 5.69 Å². The van der Waals surface area contributed by atoms with Crippen LogP contribution in [-0.4, -0.2) is 37.4 Å². The lowest BCUT2D eigenvalue weighted by atomic mass is 10.2. The predicted octanol–water partition coefficient (Wildman–Crippen LogP) is 2.95. The Morgan fingerprint density at radius 2 is 2.00 bits per heavy atom. The zero-order valence-corrected chi connectivity index (χ0v) is 14.9. The van der Waals surface area contributed by atoms with Crippen LogP contribution < -0.4 is 0 Å². The van der Waals surface area contributed by atoms with Gasteiger partial charge < -0.3 is 4.90 Å². The summed E-state index contributed by atoms with van der Waals surface area (Å²) < 4.78 is 41.3. The molecule has 6 nitrogen and oxygen atoms in total. The van der Waals surface area contributed by atoms with Gasteiger partial charge in [-0.25, -0.2) is 0 Å². The lowest BCUT2D eigenvalue weighted by Crippen LogP contribution is -2.33. The second kappa shape index (κ2) is 6.89. The first-order chi connectivity index (χ1) is 11.6. The van der Waals surface area contributed by atoms with Crippen molar-refractivity contribution >= 4 is 5.91 Å². The van der Waals surface area contributed by atoms with E-state index in [1.807, 2.05) is 18.5 Å². The number of hydrogen-bond acceptors (Lipinski definition) is 3. The molecule has 2 rings (SSSR count). The van der Waals surface area contributed by atoms with Gasteiger partial charge in [0.05, 0.1) is 6.20 Å². The topological polar surface area (TPSA) is 56.0 Å². The fourth-order valence-corrected chi connectivity index (χ4v) is 2.73. The normalized spacial score (nSPS) is 13.1. The summed E-state index contributed by atoms with van der Waals surface area (Å²) in [6.45, 7) is 8.00. The van der Waals surface area contributed by atoms with Gasteiger partial charge in [-0.15, -0.1) is 0 Å². The molecule has 9 heteroatoms. The molecule has 2 aromatic heterocycles. The van der Waals surface area contributed by atoms with E-state index in [1.54, 1.807) is 20.2 Å². The zero-order valence-electron chi connectivity index (χ0n) is 14.9. The van der Waals surface area contributed by atoms with Gasteiger partial charge in [-0.05, 0) is 33.8 Å². The Labute approximate surface area is 144 Å². The third-order valence-corrected chi connectivity index (χ3v) is 4.23. The summed E-state index contributed by atoms with van der Waals surface area (Å²) >= 11 is 0. The molecule has 0 aliphatic heterocycles. The molecule has 0 N–H and O–H groups in total. The molecule has 0 aromatic carbocycles. The summed E-state index contributed by atoms with van der Waals surface area (Å²) in [5, 5.41) is 7.78. The molecule has 0 unspecified atom stereocenters. The molecule has 1 amide bonds. The van der Waals surface area contributed by atoms with E-state index < -0.39 is 17.9 Å². The van der Waals surface area contributed by atoms with Crippen molar-refractivity contribution in [3.8, 4) is 0 Å². The van der Waals surface area contributed by atoms with Crippen LogP contribution in [0.2, 0.25) is 0 Å². The Balaban J connectivity index is 2.16. The fraction of sp³-hybridized carbons (Fsp3) is 0.562. The van der Waals surface area contributed by atoms with Crippen molar-refractivity contribution in [1.29, 1.82) is 0 Å². The third kappa shape index (κ3) is 3.85. The number of hydrogen-bond donors (Lipinski definition) is 0. The minimum atomic E-state index is -4.53. The molecule has 0 saturated heterocycles. The summed E-state index contributed by atoms with van der Waals surface area (Å²) in [4.78, 5) is 14.1. The highest BCUT2D eigenvalue weighted by molar-refractivity contribution is 5.79. The highest BCUT2D eigenvalue weighted by Gasteiger charge is 2.35. The van der Waals surface area contributed by atoms with Crippen molar-refractivity contribution in [2.24, 2.45) is 0 Å². The SMILES string of the molecule is CCn1ncc(CN(C)C(=O)[C@@H](C)n2nc(C(F)(F)F)cc2C)c1C. The van der Waals surface area contributed by atoms with Gasteiger partial charge in [0, 0.05) is 37.1 Å². The van der Waals surface area contributed by atoms with Crippen molar-refractivity contribution in [3.63, 3.8) is 0 Å². The van der Waals surface area contributed by atoms with Crippen LogP contribution in [0.15, 0.2) is 12.3 Å². The van der Waals surface area contributed by atoms with E-state index in [9.17, 15) is 18.0 Å². The van der Waals surface area contributed by atoms with Gasteiger partial charge in [0.25, 0.3) is 0 Å². The number of carbonyl (C=O) groups is 1. The molecule has 1 atom stereocenters. The summed E-state index contributed by atoms with van der Waals surface area (Å²) in [6, 6.07) is 0.113. The minimum absolute atomic E-state index is 0.288. The van der Waals surface area contributed by atoms with Gasteiger partial charge >= 0.3 is 6.18 Å². The zero-order chi connectivity index (χ0) is 18.9. The molecule has 0 aliphatic rings. The molecule has 138 valence electrons. The molecule has 2 heterocycles. The van der Waals surface area contributed by atoms with Crippen LogP contribution in [0.5, 0.6) is 0 Å². The van der Waals surface area contributed by atoms with Crippen LogP contribution in [0, 0.1) is 13.8 Å². The van der Waals surface area contributed by atoms with Crippen LogP contribution in [0.25, 0.3) is 0 Å². The largest absolute Gasteiger partial charge is 0.435 e. The maximum atomic E-state index is 12.8. The Kier molecular flexibility index (Phi) is 5.24. The quantitative estimate of drug-likeness (QED) is 0.827. The number of likely N-dealkylation sites (N-methyl/N-ethyl adjacent to an activating group) is 1. The highest BCUT2D eigenvalue weighted by Crippen LogP contribution is 2.29. The van der Waals surface area contributed by atoms with Crippen LogP contribution >= 0.6 is 0 Å². The fourth-order valence-electron chi connectivity index (χ4n) is 2.73. The number of aromatic nitrogens is 4. The second-order valence-electron chi connectivity index (χ2n) is 6.05. The number of carbonyl (C=O) groups excluding carboxylic acids is 1. The molecule has 2 aromatic rings. The van der Waals surface area contributed by atoms with Crippen LogP contribution in [0.3, 0.4) is 0 Å². The smallest absolute Gasteiger partial charge is 0.339 e. The number of alkyl halides is 3. The molecule has 0 bridgehead atoms. The summed E-state index contributed by atoms with van der Waals surface area (Å²) in [6.07, 6.45) is -2.83. The van der Waals surface area contributed by atoms with Crippen LogP contribution in [0.4, 0.5) is 13.2 Å². The van der Waals surface area contributed by atoms with E-state index in [4.69, 9.17) is 0 Å². The summed E-state index contributed by atoms with van der Waals surface area (Å²) in [5.41, 5.74) is 1.16. The lowest BCUT2D eigenvalue weighted by Gasteiger charge is -2.22. The molecule has 0 spiro atoms. The van der Waals surface area contributed by atoms with Gasteiger partial charge in [0.1, 0.15) is 6.04 Å². The first kappa shape index (κ1) is 19.0. The number of nitrogens with zero attached hydrogens (tertiary/aromatic N) is 5. The molecule has 0 saturated carbocycles. The predicted molar refractivity (Wildman–Crippen MR) is 85.8 cm³/mol. The first-order valence-corrected chi connectivity index (χ1v) is 7.95. The van der Waals surface area contributed by atoms with Crippen molar-refractivity contribution in [2.75, 3.05) is 7.05 Å². The molecular formula is C16H22F3N5O. The number of rotatable bonds is 5. The Bertz CT molecular complexity index is 762. The van der Waals surface area contributed by atoms with Gasteiger partial charge in [-0.3, -0.25) is 14.2 Å². The Morgan fingerprint density at radius 1 is 1.36 bits per heavy atom. The first-order valence-electron chi connectivity index (χ1n) is 7.95. The van der Waals surface area contributed by atoms with E-state index in [0.717, 1.165) is 28.6 Å². The van der Waals surface area contributed by atoms with E-state index in [0.29, 0.717) is 6.54 Å². The van der Waals surface area contributed by atoms with E-state index in [1.165, 1.54) is 11.8 Å². The van der Waals surface area contributed by atoms with Crippen LogP contribution in [0.1, 0.15) is 42.5 Å². The molecule has 25 heavy (non-hydrogen) atoms. The molecule has 0 radical (unpaired) electrons. The molecule has 0 fully saturated rings. The van der Waals surface area contributed by atoms with Crippen molar-refractivity contribution in [3.05, 3.63) is 34.9 Å². The maximum Gasteiger partial charge on any atom is 0.435 e. The standard InChI is InChI=1S/C16H22F3N5O/c1-6-23-11(3)13(8-20-23)9-22(5)15(25)12(4)24-10(2)7-14(21-24)16(17,18)19/h7-8,12H,6,9H2,1-5H3/t12-/m1/s1. The number of halogens is 3. The van der Waals surface area contributed by atoms with E-state index in [2.05, 4.69) is 10.2 Å². The summed E-state index contributed by atoms with van der Waals surface area (Å²) in [5.74, 6) is -0.316. The minimum Gasteiger partial charge on any atom is -0.339 e. The monoisotopic (exact) mass is 357 g/mol. The van der Waals surface area contributed by atoms with Crippen molar-refractivity contribution in [1.82, 2.24) is 24.5 Å². The Hall–Kier alpha value is -2.32. The molecular weight excluding hydrogens is 335 g/mol. The number of amides is 1. The van der Waals surface area contributed by atoms with Crippen molar-refractivity contribution < 1.29 is 18.0 Å². The van der Waals surface area contributed by atoms with E-state index in [-0.39, 0.29) is 11.6 Å². The second-order valence-corrected chi connectivity index (χ2v) is 6.05. The van der Waals surface area contributed by atoms with Gasteiger partial charge in [0.2, 0.25) is 5.91 Å². The maximum absolute atomic E-state index is 12.8.